The van der Waals surface area contributed by atoms with Crippen molar-refractivity contribution in [3.63, 3.8) is 0 Å². The maximum Gasteiger partial charge on any atom is 0.0863 e. The molecule has 0 aromatic heterocycles. The van der Waals surface area contributed by atoms with E-state index in [2.05, 4.69) is 20.8 Å². The van der Waals surface area contributed by atoms with E-state index in [4.69, 9.17) is 9.47 Å². The summed E-state index contributed by atoms with van der Waals surface area (Å²) in [6.45, 7) is 11.2. The van der Waals surface area contributed by atoms with Crippen LogP contribution in [0.1, 0.15) is 27.7 Å². The molecule has 1 saturated heterocycles. The molecule has 12 heavy (non-hydrogen) atoms. The standard InChI is InChI=1S/C10H20O2/c1-5-12-9-7-11-6-8(9)10(2,3)4/h8-9H,5-7H2,1-4H3. The highest BCUT2D eigenvalue weighted by atomic mass is 16.5. The molecule has 0 bridgehead atoms. The number of rotatable bonds is 2. The zero-order valence-electron chi connectivity index (χ0n) is 8.59. The van der Waals surface area contributed by atoms with Gasteiger partial charge in [-0.15, -0.1) is 0 Å². The van der Waals surface area contributed by atoms with Gasteiger partial charge in [-0.2, -0.15) is 0 Å². The minimum Gasteiger partial charge on any atom is -0.378 e. The third-order valence-corrected chi connectivity index (χ3v) is 2.52. The number of hydrogen-bond donors (Lipinski definition) is 0. The molecule has 0 saturated carbocycles. The van der Waals surface area contributed by atoms with Crippen LogP contribution in [0, 0.1) is 11.3 Å². The number of ether oxygens (including phenoxy) is 2. The topological polar surface area (TPSA) is 18.5 Å². The van der Waals surface area contributed by atoms with Crippen molar-refractivity contribution in [2.45, 2.75) is 33.8 Å². The van der Waals surface area contributed by atoms with Crippen molar-refractivity contribution in [2.75, 3.05) is 19.8 Å². The fraction of sp³-hybridized carbons (Fsp3) is 1.00. The van der Waals surface area contributed by atoms with E-state index in [1.165, 1.54) is 0 Å². The van der Waals surface area contributed by atoms with Crippen LogP contribution in [0.25, 0.3) is 0 Å². The van der Waals surface area contributed by atoms with Gasteiger partial charge in [0, 0.05) is 12.5 Å². The quantitative estimate of drug-likeness (QED) is 0.635. The normalized spacial score (nSPS) is 31.0. The van der Waals surface area contributed by atoms with E-state index in [0.717, 1.165) is 19.8 Å². The van der Waals surface area contributed by atoms with E-state index >= 15 is 0 Å². The van der Waals surface area contributed by atoms with Crippen molar-refractivity contribution in [2.24, 2.45) is 11.3 Å². The second-order valence-electron chi connectivity index (χ2n) is 4.50. The molecule has 1 heterocycles. The molecule has 0 N–H and O–H groups in total. The minimum absolute atomic E-state index is 0.302. The van der Waals surface area contributed by atoms with Crippen LogP contribution in [0.4, 0.5) is 0 Å². The lowest BCUT2D eigenvalue weighted by atomic mass is 9.79. The fourth-order valence-electron chi connectivity index (χ4n) is 1.72. The third-order valence-electron chi connectivity index (χ3n) is 2.52. The maximum absolute atomic E-state index is 5.62. The average molecular weight is 172 g/mol. The molecule has 2 heteroatoms. The molecule has 0 aliphatic carbocycles. The van der Waals surface area contributed by atoms with Crippen LogP contribution in [0.3, 0.4) is 0 Å². The first kappa shape index (κ1) is 10.0. The Labute approximate surface area is 75.2 Å². The summed E-state index contributed by atoms with van der Waals surface area (Å²) in [6, 6.07) is 0. The molecule has 0 aromatic carbocycles. The predicted molar refractivity (Wildman–Crippen MR) is 49.2 cm³/mol. The highest BCUT2D eigenvalue weighted by Crippen LogP contribution is 2.34. The molecule has 1 rings (SSSR count). The zero-order chi connectivity index (χ0) is 9.19. The molecule has 1 aliphatic rings. The summed E-state index contributed by atoms with van der Waals surface area (Å²) in [5.41, 5.74) is 0.302. The van der Waals surface area contributed by atoms with E-state index in [-0.39, 0.29) is 0 Å². The van der Waals surface area contributed by atoms with Crippen molar-refractivity contribution in [3.05, 3.63) is 0 Å². The van der Waals surface area contributed by atoms with Crippen LogP contribution >= 0.6 is 0 Å². The largest absolute Gasteiger partial charge is 0.378 e. The number of hydrogen-bond acceptors (Lipinski definition) is 2. The molecular weight excluding hydrogens is 152 g/mol. The third kappa shape index (κ3) is 2.20. The van der Waals surface area contributed by atoms with Crippen LogP contribution in [0.2, 0.25) is 0 Å². The van der Waals surface area contributed by atoms with Crippen molar-refractivity contribution < 1.29 is 9.47 Å². The molecule has 1 aliphatic heterocycles. The van der Waals surface area contributed by atoms with Gasteiger partial charge >= 0.3 is 0 Å². The SMILES string of the molecule is CCOC1COCC1C(C)(C)C. The molecule has 0 aromatic rings. The van der Waals surface area contributed by atoms with Gasteiger partial charge in [0.1, 0.15) is 0 Å². The van der Waals surface area contributed by atoms with Gasteiger partial charge in [-0.1, -0.05) is 20.8 Å². The van der Waals surface area contributed by atoms with Gasteiger partial charge in [0.05, 0.1) is 19.3 Å². The highest BCUT2D eigenvalue weighted by molar-refractivity contribution is 4.84. The Morgan fingerprint density at radius 2 is 2.00 bits per heavy atom. The Hall–Kier alpha value is -0.0800. The van der Waals surface area contributed by atoms with Crippen LogP contribution in [0.5, 0.6) is 0 Å². The summed E-state index contributed by atoms with van der Waals surface area (Å²) < 4.78 is 11.0. The molecule has 1 fully saturated rings. The minimum atomic E-state index is 0.302. The first-order valence-electron chi connectivity index (χ1n) is 4.75. The molecule has 0 amide bonds. The summed E-state index contributed by atoms with van der Waals surface area (Å²) in [5.74, 6) is 0.553. The first-order chi connectivity index (χ1) is 5.55. The zero-order valence-corrected chi connectivity index (χ0v) is 8.59. The monoisotopic (exact) mass is 172 g/mol. The lowest BCUT2D eigenvalue weighted by Gasteiger charge is -2.30. The summed E-state index contributed by atoms with van der Waals surface area (Å²) >= 11 is 0. The van der Waals surface area contributed by atoms with E-state index in [9.17, 15) is 0 Å². The molecule has 2 unspecified atom stereocenters. The summed E-state index contributed by atoms with van der Waals surface area (Å²) in [4.78, 5) is 0. The summed E-state index contributed by atoms with van der Waals surface area (Å²) in [6.07, 6.45) is 0.315. The lowest BCUT2D eigenvalue weighted by molar-refractivity contribution is 0.00824. The van der Waals surface area contributed by atoms with Gasteiger partial charge in [0.2, 0.25) is 0 Å². The van der Waals surface area contributed by atoms with Gasteiger partial charge in [-0.05, 0) is 12.3 Å². The van der Waals surface area contributed by atoms with Crippen molar-refractivity contribution in [3.8, 4) is 0 Å². The Bertz CT molecular complexity index is 137. The van der Waals surface area contributed by atoms with E-state index in [1.54, 1.807) is 0 Å². The summed E-state index contributed by atoms with van der Waals surface area (Å²) in [5, 5.41) is 0. The van der Waals surface area contributed by atoms with E-state index < -0.39 is 0 Å². The van der Waals surface area contributed by atoms with Gasteiger partial charge in [-0.25, -0.2) is 0 Å². The van der Waals surface area contributed by atoms with Gasteiger partial charge in [0.15, 0.2) is 0 Å². The van der Waals surface area contributed by atoms with E-state index in [1.807, 2.05) is 6.92 Å². The molecular formula is C10H20O2. The van der Waals surface area contributed by atoms with E-state index in [0.29, 0.717) is 17.4 Å². The first-order valence-corrected chi connectivity index (χ1v) is 4.75. The van der Waals surface area contributed by atoms with Crippen LogP contribution in [0.15, 0.2) is 0 Å². The Balaban J connectivity index is 2.52. The Kier molecular flexibility index (Phi) is 3.13. The van der Waals surface area contributed by atoms with Gasteiger partial charge in [-0.3, -0.25) is 0 Å². The summed E-state index contributed by atoms with van der Waals surface area (Å²) in [7, 11) is 0. The second kappa shape index (κ2) is 3.75. The second-order valence-corrected chi connectivity index (χ2v) is 4.50. The fourth-order valence-corrected chi connectivity index (χ4v) is 1.72. The van der Waals surface area contributed by atoms with Crippen molar-refractivity contribution in [1.29, 1.82) is 0 Å². The predicted octanol–water partition coefficient (Wildman–Crippen LogP) is 2.08. The maximum atomic E-state index is 5.62. The average Bonchev–Trinajstić information content (AvgIpc) is 2.34. The van der Waals surface area contributed by atoms with Crippen molar-refractivity contribution >= 4 is 0 Å². The van der Waals surface area contributed by atoms with Crippen LogP contribution in [-0.4, -0.2) is 25.9 Å². The molecule has 0 spiro atoms. The molecule has 0 radical (unpaired) electrons. The van der Waals surface area contributed by atoms with Gasteiger partial charge < -0.3 is 9.47 Å². The smallest absolute Gasteiger partial charge is 0.0863 e. The molecule has 2 nitrogen and oxygen atoms in total. The van der Waals surface area contributed by atoms with Crippen LogP contribution < -0.4 is 0 Å². The lowest BCUT2D eigenvalue weighted by Crippen LogP contribution is -2.32. The van der Waals surface area contributed by atoms with Crippen molar-refractivity contribution in [1.82, 2.24) is 0 Å². The van der Waals surface area contributed by atoms with Crippen LogP contribution in [-0.2, 0) is 9.47 Å². The Morgan fingerprint density at radius 1 is 1.33 bits per heavy atom. The molecule has 72 valence electrons. The highest BCUT2D eigenvalue weighted by Gasteiger charge is 2.37. The molecule has 2 atom stereocenters. The van der Waals surface area contributed by atoms with Gasteiger partial charge in [0.25, 0.3) is 0 Å². The Morgan fingerprint density at radius 3 is 2.50 bits per heavy atom.